The van der Waals surface area contributed by atoms with Gasteiger partial charge < -0.3 is 9.47 Å². The fraction of sp³-hybridized carbons (Fsp3) is 1.00. The molecule has 0 aliphatic carbocycles. The van der Waals surface area contributed by atoms with Crippen LogP contribution in [0.15, 0.2) is 0 Å². The second-order valence-corrected chi connectivity index (χ2v) is 2.59. The summed E-state index contributed by atoms with van der Waals surface area (Å²) in [7, 11) is 0. The zero-order chi connectivity index (χ0) is 10.3. The quantitative estimate of drug-likeness (QED) is 0.466. The molecule has 6 heteroatoms. The fourth-order valence-electron chi connectivity index (χ4n) is 0.542. The number of hydrogen-bond acceptors (Lipinski definition) is 2. The van der Waals surface area contributed by atoms with E-state index in [4.69, 9.17) is 0 Å². The Labute approximate surface area is 73.8 Å². The van der Waals surface area contributed by atoms with Crippen LogP contribution in [0.4, 0.5) is 17.6 Å². The first-order valence-electron chi connectivity index (χ1n) is 3.73. The first kappa shape index (κ1) is 12.6. The predicted molar refractivity (Wildman–Crippen MR) is 38.3 cm³/mol. The first-order valence-corrected chi connectivity index (χ1v) is 3.73. The fourth-order valence-corrected chi connectivity index (χ4v) is 0.542. The van der Waals surface area contributed by atoms with Gasteiger partial charge in [0, 0.05) is 6.92 Å². The predicted octanol–water partition coefficient (Wildman–Crippen LogP) is 1.94. The van der Waals surface area contributed by atoms with Crippen molar-refractivity contribution in [3.05, 3.63) is 0 Å². The summed E-state index contributed by atoms with van der Waals surface area (Å²) < 4.78 is 55.9. The van der Waals surface area contributed by atoms with Crippen molar-refractivity contribution in [1.82, 2.24) is 0 Å². The highest BCUT2D eigenvalue weighted by molar-refractivity contribution is 4.54. The van der Waals surface area contributed by atoms with Gasteiger partial charge in [-0.3, -0.25) is 0 Å². The van der Waals surface area contributed by atoms with Crippen molar-refractivity contribution >= 4 is 0 Å². The highest BCUT2D eigenvalue weighted by Crippen LogP contribution is 2.10. The maximum Gasteiger partial charge on any atom is 0.268 e. The van der Waals surface area contributed by atoms with Gasteiger partial charge in [-0.15, -0.1) is 0 Å². The highest BCUT2D eigenvalue weighted by Gasteiger charge is 2.20. The molecule has 0 N–H and O–H groups in total. The van der Waals surface area contributed by atoms with E-state index in [1.807, 2.05) is 0 Å². The van der Waals surface area contributed by atoms with Crippen LogP contribution in [0.5, 0.6) is 0 Å². The van der Waals surface area contributed by atoms with Crippen molar-refractivity contribution in [3.8, 4) is 0 Å². The van der Waals surface area contributed by atoms with E-state index < -0.39 is 25.6 Å². The van der Waals surface area contributed by atoms with Gasteiger partial charge in [0.2, 0.25) is 0 Å². The third-order valence-corrected chi connectivity index (χ3v) is 0.971. The Morgan fingerprint density at radius 2 is 1.69 bits per heavy atom. The third kappa shape index (κ3) is 11.6. The highest BCUT2D eigenvalue weighted by atomic mass is 19.3. The normalized spacial score (nSPS) is 12.5. The van der Waals surface area contributed by atoms with E-state index >= 15 is 0 Å². The smallest absolute Gasteiger partial charge is 0.268 e. The lowest BCUT2D eigenvalue weighted by molar-refractivity contribution is -0.0778. The number of ether oxygens (including phenoxy) is 2. The topological polar surface area (TPSA) is 18.5 Å². The molecule has 0 saturated carbocycles. The van der Waals surface area contributed by atoms with Gasteiger partial charge in [-0.2, -0.15) is 0 Å². The van der Waals surface area contributed by atoms with Crippen LogP contribution in [-0.4, -0.2) is 38.8 Å². The van der Waals surface area contributed by atoms with Crippen LogP contribution in [0.3, 0.4) is 0 Å². The van der Waals surface area contributed by atoms with Crippen LogP contribution in [-0.2, 0) is 9.47 Å². The average Bonchev–Trinajstić information content (AvgIpc) is 1.93. The van der Waals surface area contributed by atoms with Crippen molar-refractivity contribution < 1.29 is 27.0 Å². The molecule has 0 unspecified atom stereocenters. The summed E-state index contributed by atoms with van der Waals surface area (Å²) in [6.45, 7) is -0.888. The molecule has 0 spiro atoms. The van der Waals surface area contributed by atoms with E-state index in [1.54, 1.807) is 0 Å². The summed E-state index contributed by atoms with van der Waals surface area (Å²) >= 11 is 0. The van der Waals surface area contributed by atoms with Gasteiger partial charge in [-0.05, 0) is 0 Å². The lowest BCUT2D eigenvalue weighted by Crippen LogP contribution is -2.20. The maximum absolute atomic E-state index is 12.1. The molecule has 0 fully saturated rings. The van der Waals surface area contributed by atoms with E-state index in [-0.39, 0.29) is 13.2 Å². The molecule has 0 saturated heterocycles. The Morgan fingerprint density at radius 3 is 2.15 bits per heavy atom. The molecule has 0 amide bonds. The van der Waals surface area contributed by atoms with E-state index in [0.717, 1.165) is 0 Å². The minimum absolute atomic E-state index is 0.0968. The van der Waals surface area contributed by atoms with Gasteiger partial charge in [0.25, 0.3) is 12.3 Å². The van der Waals surface area contributed by atoms with Crippen LogP contribution in [0.1, 0.15) is 6.92 Å². The van der Waals surface area contributed by atoms with E-state index in [9.17, 15) is 17.6 Å². The molecule has 0 aliphatic rings. The molecule has 0 aromatic rings. The second-order valence-electron chi connectivity index (χ2n) is 2.59. The molecule has 0 atom stereocenters. The van der Waals surface area contributed by atoms with Crippen molar-refractivity contribution in [3.63, 3.8) is 0 Å². The van der Waals surface area contributed by atoms with Gasteiger partial charge in [-0.1, -0.05) is 0 Å². The Balaban J connectivity index is 3.09. The molecule has 0 heterocycles. The van der Waals surface area contributed by atoms with Gasteiger partial charge in [0.1, 0.15) is 13.2 Å². The Morgan fingerprint density at radius 1 is 1.15 bits per heavy atom. The molecule has 0 aliphatic heterocycles. The summed E-state index contributed by atoms with van der Waals surface area (Å²) in [5, 5.41) is 0. The van der Waals surface area contributed by atoms with Crippen molar-refractivity contribution in [2.75, 3.05) is 26.4 Å². The minimum atomic E-state index is -2.89. The van der Waals surface area contributed by atoms with Gasteiger partial charge >= 0.3 is 0 Å². The van der Waals surface area contributed by atoms with Gasteiger partial charge in [-0.25, -0.2) is 17.6 Å². The number of hydrogen-bond donors (Lipinski definition) is 0. The SMILES string of the molecule is CC(F)(F)COCCOCC(F)F. The summed E-state index contributed by atoms with van der Waals surface area (Å²) in [5.74, 6) is -2.89. The molecule has 0 bridgehead atoms. The van der Waals surface area contributed by atoms with Crippen LogP contribution >= 0.6 is 0 Å². The molecular weight excluding hydrogens is 192 g/mol. The maximum atomic E-state index is 12.1. The second kappa shape index (κ2) is 6.15. The summed E-state index contributed by atoms with van der Waals surface area (Å²) in [6, 6.07) is 0. The lowest BCUT2D eigenvalue weighted by Gasteiger charge is -2.10. The van der Waals surface area contributed by atoms with Crippen molar-refractivity contribution in [1.29, 1.82) is 0 Å². The largest absolute Gasteiger partial charge is 0.373 e. The van der Waals surface area contributed by atoms with Crippen LogP contribution in [0.2, 0.25) is 0 Å². The summed E-state index contributed by atoms with van der Waals surface area (Å²) in [6.07, 6.45) is -2.53. The molecule has 0 aromatic carbocycles. The Kier molecular flexibility index (Phi) is 5.98. The van der Waals surface area contributed by atoms with Crippen LogP contribution < -0.4 is 0 Å². The molecule has 2 nitrogen and oxygen atoms in total. The third-order valence-electron chi connectivity index (χ3n) is 0.971. The van der Waals surface area contributed by atoms with E-state index in [1.165, 1.54) is 0 Å². The van der Waals surface area contributed by atoms with Gasteiger partial charge in [0.05, 0.1) is 13.2 Å². The Hall–Kier alpha value is -0.360. The number of rotatable bonds is 7. The van der Waals surface area contributed by atoms with Gasteiger partial charge in [0.15, 0.2) is 0 Å². The average molecular weight is 204 g/mol. The minimum Gasteiger partial charge on any atom is -0.373 e. The first-order chi connectivity index (χ1) is 5.92. The molecular formula is C7H12F4O2. The monoisotopic (exact) mass is 204 g/mol. The summed E-state index contributed by atoms with van der Waals surface area (Å²) in [4.78, 5) is 0. The van der Waals surface area contributed by atoms with Crippen molar-refractivity contribution in [2.24, 2.45) is 0 Å². The van der Waals surface area contributed by atoms with Crippen LogP contribution in [0.25, 0.3) is 0 Å². The van der Waals surface area contributed by atoms with Crippen molar-refractivity contribution in [2.45, 2.75) is 19.3 Å². The zero-order valence-corrected chi connectivity index (χ0v) is 7.23. The van der Waals surface area contributed by atoms with E-state index in [2.05, 4.69) is 9.47 Å². The summed E-state index contributed by atoms with van der Waals surface area (Å²) in [5.41, 5.74) is 0. The zero-order valence-electron chi connectivity index (χ0n) is 7.23. The molecule has 13 heavy (non-hydrogen) atoms. The number of alkyl halides is 4. The standard InChI is InChI=1S/C7H12F4O2/c1-7(10,11)5-13-3-2-12-4-6(8)9/h6H,2-5H2,1H3. The molecule has 0 radical (unpaired) electrons. The molecule has 0 rings (SSSR count). The molecule has 0 aromatic heterocycles. The lowest BCUT2D eigenvalue weighted by atomic mass is 10.4. The molecule has 80 valence electrons. The number of halogens is 4. The van der Waals surface area contributed by atoms with E-state index in [0.29, 0.717) is 6.92 Å². The Bertz CT molecular complexity index is 124. The van der Waals surface area contributed by atoms with Crippen LogP contribution in [0, 0.1) is 0 Å².